The molecular formula is C8H16ClN3O. The molecule has 0 aliphatic rings. The molecule has 0 bridgehead atoms. The first-order valence-corrected chi connectivity index (χ1v) is 4.33. The lowest BCUT2D eigenvalue weighted by atomic mass is 10.3. The molecule has 0 aliphatic heterocycles. The number of nitrogens with two attached hydrogens (primary N) is 1. The van der Waals surface area contributed by atoms with Crippen molar-refractivity contribution in [1.82, 2.24) is 5.32 Å². The van der Waals surface area contributed by atoms with Crippen LogP contribution >= 0.6 is 11.6 Å². The maximum absolute atomic E-state index is 5.78. The van der Waals surface area contributed by atoms with E-state index >= 15 is 0 Å². The molecule has 0 unspecified atom stereocenters. The zero-order valence-electron chi connectivity index (χ0n) is 8.17. The topological polar surface area (TPSA) is 59.6 Å². The average molecular weight is 206 g/mol. The van der Waals surface area contributed by atoms with Crippen molar-refractivity contribution in [3.8, 4) is 0 Å². The number of nitrogens with one attached hydrogen (secondary N) is 1. The number of ether oxygens (including phenoxy) is 1. The van der Waals surface area contributed by atoms with Crippen LogP contribution in [0.3, 0.4) is 0 Å². The smallest absolute Gasteiger partial charge is 0.141 e. The maximum Gasteiger partial charge on any atom is 0.141 e. The van der Waals surface area contributed by atoms with E-state index in [-0.39, 0.29) is 6.04 Å². The minimum Gasteiger partial charge on any atom is -0.403 e. The molecule has 0 amide bonds. The molecule has 13 heavy (non-hydrogen) atoms. The summed E-state index contributed by atoms with van der Waals surface area (Å²) in [6.07, 6.45) is 1.30. The van der Waals surface area contributed by atoms with Crippen molar-refractivity contribution in [2.75, 3.05) is 20.8 Å². The van der Waals surface area contributed by atoms with E-state index in [1.807, 2.05) is 6.92 Å². The summed E-state index contributed by atoms with van der Waals surface area (Å²) < 4.78 is 4.95. The molecule has 0 heterocycles. The zero-order valence-corrected chi connectivity index (χ0v) is 8.93. The van der Waals surface area contributed by atoms with Gasteiger partial charge in [0.15, 0.2) is 0 Å². The summed E-state index contributed by atoms with van der Waals surface area (Å²) in [4.78, 5) is 3.95. The largest absolute Gasteiger partial charge is 0.403 e. The Hall–Kier alpha value is -0.740. The fourth-order valence-corrected chi connectivity index (χ4v) is 0.983. The third-order valence-electron chi connectivity index (χ3n) is 1.40. The predicted molar refractivity (Wildman–Crippen MR) is 56.0 cm³/mol. The van der Waals surface area contributed by atoms with Gasteiger partial charge >= 0.3 is 0 Å². The highest BCUT2D eigenvalue weighted by Gasteiger charge is 2.06. The van der Waals surface area contributed by atoms with Crippen LogP contribution in [0.25, 0.3) is 0 Å². The van der Waals surface area contributed by atoms with E-state index in [1.54, 1.807) is 14.2 Å². The van der Waals surface area contributed by atoms with E-state index in [0.717, 1.165) is 0 Å². The lowest BCUT2D eigenvalue weighted by Crippen LogP contribution is -2.36. The van der Waals surface area contributed by atoms with Gasteiger partial charge in [0.1, 0.15) is 5.84 Å². The number of amidine groups is 1. The molecule has 0 aliphatic carbocycles. The lowest BCUT2D eigenvalue weighted by molar-refractivity contribution is 0.179. The van der Waals surface area contributed by atoms with Crippen molar-refractivity contribution in [2.24, 2.45) is 10.7 Å². The van der Waals surface area contributed by atoms with Gasteiger partial charge in [0.25, 0.3) is 0 Å². The number of hydrogen-bond acceptors (Lipinski definition) is 3. The fourth-order valence-electron chi connectivity index (χ4n) is 0.844. The molecule has 0 aromatic rings. The summed E-state index contributed by atoms with van der Waals surface area (Å²) in [5.41, 5.74) is 5.25. The summed E-state index contributed by atoms with van der Waals surface area (Å²) in [5, 5.41) is 3.47. The maximum atomic E-state index is 5.78. The van der Waals surface area contributed by atoms with Crippen LogP contribution in [0.2, 0.25) is 0 Å². The van der Waals surface area contributed by atoms with E-state index in [9.17, 15) is 0 Å². The first-order valence-electron chi connectivity index (χ1n) is 3.95. The van der Waals surface area contributed by atoms with Crippen LogP contribution in [0, 0.1) is 0 Å². The summed E-state index contributed by atoms with van der Waals surface area (Å²) >= 11 is 5.78. The van der Waals surface area contributed by atoms with Gasteiger partial charge in [-0.2, -0.15) is 0 Å². The van der Waals surface area contributed by atoms with Crippen LogP contribution in [-0.4, -0.2) is 32.6 Å². The second kappa shape index (κ2) is 6.74. The molecule has 0 aromatic carbocycles. The zero-order chi connectivity index (χ0) is 10.3. The van der Waals surface area contributed by atoms with E-state index in [2.05, 4.69) is 10.3 Å². The van der Waals surface area contributed by atoms with Crippen LogP contribution in [0.15, 0.2) is 16.2 Å². The molecule has 0 radical (unpaired) electrons. The molecule has 0 fully saturated rings. The van der Waals surface area contributed by atoms with Crippen molar-refractivity contribution >= 4 is 17.4 Å². The second-order valence-electron chi connectivity index (χ2n) is 2.59. The number of aliphatic imine (C=N–C) groups is 1. The van der Waals surface area contributed by atoms with E-state index in [0.29, 0.717) is 17.5 Å². The Morgan fingerprint density at radius 2 is 2.38 bits per heavy atom. The van der Waals surface area contributed by atoms with Crippen molar-refractivity contribution in [3.05, 3.63) is 11.2 Å². The Morgan fingerprint density at radius 1 is 1.77 bits per heavy atom. The van der Waals surface area contributed by atoms with Gasteiger partial charge in [-0.05, 0) is 6.92 Å². The van der Waals surface area contributed by atoms with Crippen LogP contribution in [0.5, 0.6) is 0 Å². The van der Waals surface area contributed by atoms with Crippen molar-refractivity contribution < 1.29 is 4.74 Å². The molecule has 5 heteroatoms. The quantitative estimate of drug-likeness (QED) is 0.524. The number of halogens is 1. The summed E-state index contributed by atoms with van der Waals surface area (Å²) in [6.45, 7) is 2.56. The summed E-state index contributed by atoms with van der Waals surface area (Å²) in [7, 11) is 3.29. The van der Waals surface area contributed by atoms with Gasteiger partial charge in [-0.25, -0.2) is 0 Å². The van der Waals surface area contributed by atoms with Crippen LogP contribution < -0.4 is 11.1 Å². The van der Waals surface area contributed by atoms with Crippen molar-refractivity contribution in [2.45, 2.75) is 13.0 Å². The van der Waals surface area contributed by atoms with Gasteiger partial charge in [0, 0.05) is 26.4 Å². The molecule has 0 saturated carbocycles. The molecule has 3 N–H and O–H groups in total. The first kappa shape index (κ1) is 12.3. The van der Waals surface area contributed by atoms with Gasteiger partial charge < -0.3 is 15.8 Å². The highest BCUT2D eigenvalue weighted by Crippen LogP contribution is 2.00. The number of methoxy groups -OCH3 is 1. The van der Waals surface area contributed by atoms with E-state index < -0.39 is 0 Å². The monoisotopic (exact) mass is 205 g/mol. The van der Waals surface area contributed by atoms with Crippen molar-refractivity contribution in [1.29, 1.82) is 0 Å². The molecule has 1 atom stereocenters. The minimum atomic E-state index is 0.150. The Morgan fingerprint density at radius 3 is 2.77 bits per heavy atom. The van der Waals surface area contributed by atoms with Crippen LogP contribution in [0.1, 0.15) is 6.92 Å². The Kier molecular flexibility index (Phi) is 6.36. The van der Waals surface area contributed by atoms with Gasteiger partial charge in [-0.1, -0.05) is 11.6 Å². The van der Waals surface area contributed by atoms with E-state index in [1.165, 1.54) is 6.20 Å². The molecule has 0 spiro atoms. The second-order valence-corrected chi connectivity index (χ2v) is 2.99. The van der Waals surface area contributed by atoms with E-state index in [4.69, 9.17) is 22.1 Å². The first-order chi connectivity index (χ1) is 6.15. The Bertz CT molecular complexity index is 204. The number of hydrogen-bond donors (Lipinski definition) is 2. The highest BCUT2D eigenvalue weighted by atomic mass is 35.5. The lowest BCUT2D eigenvalue weighted by Gasteiger charge is -2.14. The summed E-state index contributed by atoms with van der Waals surface area (Å²) in [5.74, 6) is 0.578. The average Bonchev–Trinajstić information content (AvgIpc) is 2.13. The molecule has 0 aromatic heterocycles. The SMILES string of the molecule is C/N=C(N[C@H](C)COC)\C(Cl)=C/N. The molecule has 0 rings (SSSR count). The fraction of sp³-hybridized carbons (Fsp3) is 0.625. The highest BCUT2D eigenvalue weighted by molar-refractivity contribution is 6.43. The van der Waals surface area contributed by atoms with Crippen molar-refractivity contribution in [3.63, 3.8) is 0 Å². The van der Waals surface area contributed by atoms with Gasteiger partial charge in [-0.3, -0.25) is 4.99 Å². The minimum absolute atomic E-state index is 0.150. The Labute approximate surface area is 83.8 Å². The molecule has 0 saturated heterocycles. The van der Waals surface area contributed by atoms with Gasteiger partial charge in [0.05, 0.1) is 11.6 Å². The number of rotatable bonds is 4. The van der Waals surface area contributed by atoms with Crippen LogP contribution in [-0.2, 0) is 4.74 Å². The molecule has 76 valence electrons. The van der Waals surface area contributed by atoms with Gasteiger partial charge in [-0.15, -0.1) is 0 Å². The predicted octanol–water partition coefficient (Wildman–Crippen LogP) is 0.678. The number of nitrogens with zero attached hydrogens (tertiary/aromatic N) is 1. The normalized spacial score (nSPS) is 15.7. The summed E-state index contributed by atoms with van der Waals surface area (Å²) in [6, 6.07) is 0.150. The third-order valence-corrected chi connectivity index (χ3v) is 1.70. The Balaban J connectivity index is 4.15. The van der Waals surface area contributed by atoms with Crippen LogP contribution in [0.4, 0.5) is 0 Å². The van der Waals surface area contributed by atoms with Gasteiger partial charge in [0.2, 0.25) is 0 Å². The molecule has 4 nitrogen and oxygen atoms in total. The molecular weight excluding hydrogens is 190 g/mol. The third kappa shape index (κ3) is 4.75. The standard InChI is InChI=1S/C8H16ClN3O/c1-6(5-13-3)12-8(11-2)7(9)4-10/h4,6H,5,10H2,1-3H3,(H,11,12)/b7-4+/t6-/m1/s1.